The van der Waals surface area contributed by atoms with E-state index in [0.29, 0.717) is 12.1 Å². The molecule has 1 rings (SSSR count). The predicted octanol–water partition coefficient (Wildman–Crippen LogP) is 2.04. The van der Waals surface area contributed by atoms with Crippen LogP contribution >= 0.6 is 0 Å². The number of nitro benzene ring substituents is 1. The highest BCUT2D eigenvalue weighted by Gasteiger charge is 2.20. The number of likely N-dealkylation sites (N-methyl/N-ethyl adjacent to an activating group) is 1. The largest absolute Gasteiger partial charge is 0.487 e. The molecule has 0 fully saturated rings. The molecule has 0 aliphatic heterocycles. The van der Waals surface area contributed by atoms with Gasteiger partial charge in [0.05, 0.1) is 11.5 Å². The number of hydrogen-bond donors (Lipinski definition) is 2. The van der Waals surface area contributed by atoms with E-state index < -0.39 is 16.9 Å². The molecular weight excluding hydrogens is 276 g/mol. The van der Waals surface area contributed by atoms with Crippen LogP contribution in [0.15, 0.2) is 12.1 Å². The van der Waals surface area contributed by atoms with Crippen molar-refractivity contribution in [3.8, 4) is 5.75 Å². The lowest BCUT2D eigenvalue weighted by molar-refractivity contribution is -0.386. The van der Waals surface area contributed by atoms with Crippen LogP contribution < -0.4 is 10.1 Å². The molecular formula is C14H20N2O5. The van der Waals surface area contributed by atoms with Gasteiger partial charge in [0.15, 0.2) is 5.75 Å². The highest BCUT2D eigenvalue weighted by Crippen LogP contribution is 2.32. The summed E-state index contributed by atoms with van der Waals surface area (Å²) >= 11 is 0. The minimum Gasteiger partial charge on any atom is -0.487 e. The summed E-state index contributed by atoms with van der Waals surface area (Å²) in [4.78, 5) is 21.6. The number of ether oxygens (including phenoxy) is 1. The molecule has 7 heteroatoms. The molecule has 0 aromatic heterocycles. The lowest BCUT2D eigenvalue weighted by Crippen LogP contribution is -2.37. The van der Waals surface area contributed by atoms with Gasteiger partial charge in [0.25, 0.3) is 0 Å². The van der Waals surface area contributed by atoms with Gasteiger partial charge in [0, 0.05) is 12.5 Å². The van der Waals surface area contributed by atoms with E-state index in [1.807, 2.05) is 6.92 Å². The zero-order valence-corrected chi connectivity index (χ0v) is 12.4. The molecule has 0 spiro atoms. The summed E-state index contributed by atoms with van der Waals surface area (Å²) in [5, 5.41) is 22.9. The van der Waals surface area contributed by atoms with Crippen LogP contribution in [0.2, 0.25) is 0 Å². The molecule has 1 unspecified atom stereocenters. The van der Waals surface area contributed by atoms with E-state index >= 15 is 0 Å². The highest BCUT2D eigenvalue weighted by molar-refractivity contribution is 5.73. The van der Waals surface area contributed by atoms with Gasteiger partial charge in [-0.3, -0.25) is 14.9 Å². The first kappa shape index (κ1) is 16.9. The summed E-state index contributed by atoms with van der Waals surface area (Å²) in [5.41, 5.74) is 1.35. The summed E-state index contributed by atoms with van der Waals surface area (Å²) < 4.78 is 5.47. The van der Waals surface area contributed by atoms with Crippen LogP contribution in [0.25, 0.3) is 0 Å². The second-order valence-electron chi connectivity index (χ2n) is 4.77. The molecule has 7 nitrogen and oxygen atoms in total. The Balaban J connectivity index is 2.79. The number of aliphatic carboxylic acids is 1. The average molecular weight is 296 g/mol. The summed E-state index contributed by atoms with van der Waals surface area (Å²) in [5.74, 6) is -0.762. The Labute approximate surface area is 123 Å². The quantitative estimate of drug-likeness (QED) is 0.562. The highest BCUT2D eigenvalue weighted by atomic mass is 16.6. The fourth-order valence-corrected chi connectivity index (χ4v) is 2.09. The zero-order valence-electron chi connectivity index (χ0n) is 12.4. The maximum Gasteiger partial charge on any atom is 0.320 e. The van der Waals surface area contributed by atoms with Crippen molar-refractivity contribution in [1.29, 1.82) is 0 Å². The molecule has 21 heavy (non-hydrogen) atoms. The topological polar surface area (TPSA) is 102 Å². The first-order chi connectivity index (χ1) is 9.86. The van der Waals surface area contributed by atoms with Gasteiger partial charge < -0.3 is 15.2 Å². The summed E-state index contributed by atoms with van der Waals surface area (Å²) in [6, 6.07) is 2.52. The van der Waals surface area contributed by atoms with Crippen LogP contribution in [-0.2, 0) is 4.79 Å². The second kappa shape index (κ2) is 7.58. The fraction of sp³-hybridized carbons (Fsp3) is 0.500. The van der Waals surface area contributed by atoms with E-state index in [9.17, 15) is 14.9 Å². The lowest BCUT2D eigenvalue weighted by atomic mass is 10.1. The Morgan fingerprint density at radius 1 is 1.48 bits per heavy atom. The lowest BCUT2D eigenvalue weighted by Gasteiger charge is -2.15. The molecule has 1 aromatic rings. The van der Waals surface area contributed by atoms with Gasteiger partial charge in [-0.15, -0.1) is 0 Å². The molecule has 1 aromatic carbocycles. The Morgan fingerprint density at radius 2 is 2.14 bits per heavy atom. The standard InChI is InChI=1S/C14H20N2O5/c1-4-15-11(14(17)18)5-6-21-13-10(3)7-9(2)8-12(13)16(19)20/h7-8,11,15H,4-6H2,1-3H3,(H,17,18). The number of nitro groups is 1. The van der Waals surface area contributed by atoms with Gasteiger partial charge in [0.1, 0.15) is 6.04 Å². The molecule has 0 saturated heterocycles. The number of carboxylic acid groups (broad SMARTS) is 1. The van der Waals surface area contributed by atoms with E-state index in [1.54, 1.807) is 19.9 Å². The molecule has 2 N–H and O–H groups in total. The van der Waals surface area contributed by atoms with Crippen LogP contribution in [0.1, 0.15) is 24.5 Å². The number of aryl methyl sites for hydroxylation is 2. The van der Waals surface area contributed by atoms with Gasteiger partial charge in [-0.1, -0.05) is 13.0 Å². The number of carboxylic acids is 1. The number of benzene rings is 1. The number of nitrogens with one attached hydrogen (secondary N) is 1. The number of hydrogen-bond acceptors (Lipinski definition) is 5. The monoisotopic (exact) mass is 296 g/mol. The van der Waals surface area contributed by atoms with Gasteiger partial charge in [0.2, 0.25) is 0 Å². The van der Waals surface area contributed by atoms with Crippen molar-refractivity contribution in [2.45, 2.75) is 33.2 Å². The molecule has 0 aliphatic carbocycles. The Morgan fingerprint density at radius 3 is 2.67 bits per heavy atom. The normalized spacial score (nSPS) is 12.0. The van der Waals surface area contributed by atoms with E-state index in [-0.39, 0.29) is 24.5 Å². The molecule has 0 saturated carbocycles. The molecule has 116 valence electrons. The van der Waals surface area contributed by atoms with Crippen LogP contribution in [0, 0.1) is 24.0 Å². The third kappa shape index (κ3) is 4.71. The Hall–Kier alpha value is -2.15. The van der Waals surface area contributed by atoms with Crippen molar-refractivity contribution in [2.75, 3.05) is 13.2 Å². The number of rotatable bonds is 8. The predicted molar refractivity (Wildman–Crippen MR) is 77.8 cm³/mol. The first-order valence-electron chi connectivity index (χ1n) is 6.71. The van der Waals surface area contributed by atoms with Crippen molar-refractivity contribution >= 4 is 11.7 Å². The van der Waals surface area contributed by atoms with E-state index in [2.05, 4.69) is 5.32 Å². The molecule has 0 heterocycles. The van der Waals surface area contributed by atoms with Gasteiger partial charge in [-0.05, 0) is 31.5 Å². The van der Waals surface area contributed by atoms with E-state index in [1.165, 1.54) is 6.07 Å². The Bertz CT molecular complexity index is 530. The summed E-state index contributed by atoms with van der Waals surface area (Å²) in [6.45, 7) is 5.94. The molecule has 0 amide bonds. The zero-order chi connectivity index (χ0) is 16.0. The number of nitrogens with zero attached hydrogens (tertiary/aromatic N) is 1. The third-order valence-corrected chi connectivity index (χ3v) is 3.00. The molecule has 1 atom stereocenters. The van der Waals surface area contributed by atoms with Crippen LogP contribution in [0.4, 0.5) is 5.69 Å². The van der Waals surface area contributed by atoms with Crippen LogP contribution in [-0.4, -0.2) is 35.2 Å². The SMILES string of the molecule is CCNC(CCOc1c(C)cc(C)cc1[N+](=O)[O-])C(=O)O. The van der Waals surface area contributed by atoms with Crippen molar-refractivity contribution in [1.82, 2.24) is 5.32 Å². The third-order valence-electron chi connectivity index (χ3n) is 3.00. The van der Waals surface area contributed by atoms with Crippen molar-refractivity contribution in [3.63, 3.8) is 0 Å². The fourth-order valence-electron chi connectivity index (χ4n) is 2.09. The minimum atomic E-state index is -0.962. The second-order valence-corrected chi connectivity index (χ2v) is 4.77. The molecule has 0 aliphatic rings. The van der Waals surface area contributed by atoms with Crippen LogP contribution in [0.3, 0.4) is 0 Å². The van der Waals surface area contributed by atoms with Gasteiger partial charge in [-0.25, -0.2) is 0 Å². The van der Waals surface area contributed by atoms with Crippen molar-refractivity contribution < 1.29 is 19.6 Å². The number of carbonyl (C=O) groups is 1. The molecule has 0 bridgehead atoms. The maximum atomic E-state index is 11.1. The average Bonchev–Trinajstić information content (AvgIpc) is 2.38. The van der Waals surface area contributed by atoms with Crippen molar-refractivity contribution in [3.05, 3.63) is 33.4 Å². The minimum absolute atomic E-state index is 0.0920. The summed E-state index contributed by atoms with van der Waals surface area (Å²) in [7, 11) is 0. The van der Waals surface area contributed by atoms with Crippen LogP contribution in [0.5, 0.6) is 5.75 Å². The summed E-state index contributed by atoms with van der Waals surface area (Å²) in [6.07, 6.45) is 0.230. The van der Waals surface area contributed by atoms with E-state index in [0.717, 1.165) is 5.56 Å². The smallest absolute Gasteiger partial charge is 0.320 e. The van der Waals surface area contributed by atoms with Gasteiger partial charge >= 0.3 is 11.7 Å². The maximum absolute atomic E-state index is 11.1. The first-order valence-corrected chi connectivity index (χ1v) is 6.71. The van der Waals surface area contributed by atoms with Gasteiger partial charge in [-0.2, -0.15) is 0 Å². The Kier molecular flexibility index (Phi) is 6.10. The van der Waals surface area contributed by atoms with E-state index in [4.69, 9.17) is 9.84 Å². The van der Waals surface area contributed by atoms with Crippen molar-refractivity contribution in [2.24, 2.45) is 0 Å². The molecule has 0 radical (unpaired) electrons.